The Morgan fingerprint density at radius 1 is 1.00 bits per heavy atom. The molecular formula is C23H25NO5. The fraction of sp³-hybridized carbons (Fsp3) is 0.304. The number of Topliss-reactive ketones (excluding diaryl/α,β-unsaturated/α-hetero) is 1. The van der Waals surface area contributed by atoms with E-state index in [1.54, 1.807) is 0 Å². The summed E-state index contributed by atoms with van der Waals surface area (Å²) in [5, 5.41) is 19.4. The summed E-state index contributed by atoms with van der Waals surface area (Å²) in [5.41, 5.74) is 1.92. The molecule has 0 saturated heterocycles. The first-order valence-corrected chi connectivity index (χ1v) is 9.68. The molecule has 1 aliphatic rings. The summed E-state index contributed by atoms with van der Waals surface area (Å²) in [6.07, 6.45) is 0.737. The van der Waals surface area contributed by atoms with E-state index < -0.39 is 17.7 Å². The molecule has 152 valence electrons. The van der Waals surface area contributed by atoms with Gasteiger partial charge in [-0.05, 0) is 17.5 Å². The van der Waals surface area contributed by atoms with Crippen LogP contribution in [-0.2, 0) is 20.7 Å². The van der Waals surface area contributed by atoms with Crippen LogP contribution in [0.1, 0.15) is 23.6 Å². The van der Waals surface area contributed by atoms with Gasteiger partial charge in [-0.15, -0.1) is 0 Å². The highest BCUT2D eigenvalue weighted by atomic mass is 16.5. The van der Waals surface area contributed by atoms with Gasteiger partial charge in [0.05, 0.1) is 31.4 Å². The van der Waals surface area contributed by atoms with Gasteiger partial charge in [0, 0.05) is 13.0 Å². The topological polar surface area (TPSA) is 87.1 Å². The van der Waals surface area contributed by atoms with Crippen molar-refractivity contribution in [3.05, 3.63) is 83.1 Å². The van der Waals surface area contributed by atoms with Crippen LogP contribution in [0, 0.1) is 0 Å². The van der Waals surface area contributed by atoms with E-state index in [2.05, 4.69) is 0 Å². The second-order valence-electron chi connectivity index (χ2n) is 6.82. The lowest BCUT2D eigenvalue weighted by Crippen LogP contribution is -2.34. The van der Waals surface area contributed by atoms with E-state index in [0.29, 0.717) is 6.42 Å². The lowest BCUT2D eigenvalue weighted by molar-refractivity contribution is -0.130. The van der Waals surface area contributed by atoms with Crippen molar-refractivity contribution in [1.82, 2.24) is 4.90 Å². The van der Waals surface area contributed by atoms with Crippen molar-refractivity contribution < 1.29 is 24.5 Å². The summed E-state index contributed by atoms with van der Waals surface area (Å²) in [6, 6.07) is 18.2. The van der Waals surface area contributed by atoms with E-state index in [0.717, 1.165) is 11.1 Å². The first kappa shape index (κ1) is 20.8. The molecule has 2 aromatic carbocycles. The zero-order chi connectivity index (χ0) is 20.6. The molecule has 1 amide bonds. The van der Waals surface area contributed by atoms with E-state index in [4.69, 9.17) is 9.84 Å². The molecule has 29 heavy (non-hydrogen) atoms. The van der Waals surface area contributed by atoms with Gasteiger partial charge in [0.25, 0.3) is 5.91 Å². The second kappa shape index (κ2) is 10.0. The number of hydrogen-bond acceptors (Lipinski definition) is 5. The van der Waals surface area contributed by atoms with Crippen molar-refractivity contribution in [3.63, 3.8) is 0 Å². The van der Waals surface area contributed by atoms with Gasteiger partial charge in [-0.1, -0.05) is 60.7 Å². The predicted molar refractivity (Wildman–Crippen MR) is 108 cm³/mol. The maximum atomic E-state index is 13.0. The predicted octanol–water partition coefficient (Wildman–Crippen LogP) is 2.59. The minimum absolute atomic E-state index is 0.108. The number of aliphatic hydroxyl groups excluding tert-OH is 2. The maximum Gasteiger partial charge on any atom is 0.290 e. The summed E-state index contributed by atoms with van der Waals surface area (Å²) in [7, 11) is 0. The van der Waals surface area contributed by atoms with Gasteiger partial charge in [-0.2, -0.15) is 0 Å². The molecule has 1 heterocycles. The summed E-state index contributed by atoms with van der Waals surface area (Å²) in [6.45, 7) is 0.468. The molecule has 1 aliphatic heterocycles. The molecule has 0 spiro atoms. The Labute approximate surface area is 170 Å². The van der Waals surface area contributed by atoms with Crippen molar-refractivity contribution in [1.29, 1.82) is 0 Å². The average molecular weight is 395 g/mol. The molecule has 0 saturated carbocycles. The number of aryl methyl sites for hydroxylation is 1. The Hall–Kier alpha value is -2.96. The van der Waals surface area contributed by atoms with Gasteiger partial charge in [-0.25, -0.2) is 0 Å². The molecule has 2 aromatic rings. The van der Waals surface area contributed by atoms with Crippen LogP contribution >= 0.6 is 0 Å². The van der Waals surface area contributed by atoms with Crippen molar-refractivity contribution >= 4 is 11.7 Å². The molecule has 2 N–H and O–H groups in total. The number of ether oxygens (including phenoxy) is 1. The number of benzene rings is 2. The molecule has 1 atom stereocenters. The third kappa shape index (κ3) is 4.91. The monoisotopic (exact) mass is 395 g/mol. The fourth-order valence-corrected chi connectivity index (χ4v) is 3.52. The number of amides is 1. The minimum Gasteiger partial charge on any atom is -0.503 e. The van der Waals surface area contributed by atoms with Gasteiger partial charge in [-0.3, -0.25) is 9.59 Å². The van der Waals surface area contributed by atoms with Crippen LogP contribution in [0.15, 0.2) is 72.0 Å². The molecule has 6 nitrogen and oxygen atoms in total. The molecule has 6 heteroatoms. The van der Waals surface area contributed by atoms with Crippen LogP contribution in [0.4, 0.5) is 0 Å². The Bertz CT molecular complexity index is 863. The summed E-state index contributed by atoms with van der Waals surface area (Å²) >= 11 is 0. The first-order valence-electron chi connectivity index (χ1n) is 9.68. The second-order valence-corrected chi connectivity index (χ2v) is 6.82. The SMILES string of the molecule is O=C(CCc1ccccc1)C1=C(O)C(=O)N(CCOCCO)C1c1ccccc1. The highest BCUT2D eigenvalue weighted by Gasteiger charge is 2.42. The van der Waals surface area contributed by atoms with Gasteiger partial charge >= 0.3 is 0 Å². The highest BCUT2D eigenvalue weighted by molar-refractivity contribution is 6.09. The number of aliphatic hydroxyl groups is 2. The minimum atomic E-state index is -0.648. The number of carbonyl (C=O) groups is 2. The zero-order valence-corrected chi connectivity index (χ0v) is 16.2. The quantitative estimate of drug-likeness (QED) is 0.604. The van der Waals surface area contributed by atoms with E-state index in [1.165, 1.54) is 4.90 Å². The van der Waals surface area contributed by atoms with Crippen LogP contribution in [0.5, 0.6) is 0 Å². The number of rotatable bonds is 10. The van der Waals surface area contributed by atoms with E-state index in [-0.39, 0.29) is 44.1 Å². The van der Waals surface area contributed by atoms with Crippen molar-refractivity contribution in [3.8, 4) is 0 Å². The van der Waals surface area contributed by atoms with E-state index in [9.17, 15) is 14.7 Å². The molecule has 3 rings (SSSR count). The summed E-state index contributed by atoms with van der Waals surface area (Å²) < 4.78 is 5.28. The molecule has 0 bridgehead atoms. The number of nitrogens with zero attached hydrogens (tertiary/aromatic N) is 1. The van der Waals surface area contributed by atoms with Crippen LogP contribution in [-0.4, -0.2) is 53.2 Å². The Morgan fingerprint density at radius 3 is 2.31 bits per heavy atom. The maximum absolute atomic E-state index is 13.0. The van der Waals surface area contributed by atoms with Crippen LogP contribution in [0.25, 0.3) is 0 Å². The smallest absolute Gasteiger partial charge is 0.290 e. The van der Waals surface area contributed by atoms with E-state index in [1.807, 2.05) is 60.7 Å². The Balaban J connectivity index is 1.82. The van der Waals surface area contributed by atoms with Crippen LogP contribution in [0.2, 0.25) is 0 Å². The lowest BCUT2D eigenvalue weighted by atomic mass is 9.93. The van der Waals surface area contributed by atoms with Gasteiger partial charge in [0.15, 0.2) is 11.5 Å². The first-order chi connectivity index (χ1) is 14.1. The van der Waals surface area contributed by atoms with Crippen molar-refractivity contribution in [2.45, 2.75) is 18.9 Å². The normalized spacial score (nSPS) is 16.5. The highest BCUT2D eigenvalue weighted by Crippen LogP contribution is 2.38. The van der Waals surface area contributed by atoms with E-state index >= 15 is 0 Å². The molecule has 0 aliphatic carbocycles. The largest absolute Gasteiger partial charge is 0.503 e. The standard InChI is InChI=1S/C23H25NO5/c25-14-16-29-15-13-24-21(18-9-5-2-6-10-18)20(22(27)23(24)28)19(26)12-11-17-7-3-1-4-8-17/h1-10,21,25,27H,11-16H2. The van der Waals surface area contributed by atoms with Crippen LogP contribution in [0.3, 0.4) is 0 Å². The molecular weight excluding hydrogens is 370 g/mol. The van der Waals surface area contributed by atoms with Crippen molar-refractivity contribution in [2.24, 2.45) is 0 Å². The third-order valence-electron chi connectivity index (χ3n) is 4.92. The Morgan fingerprint density at radius 2 is 1.66 bits per heavy atom. The number of carbonyl (C=O) groups excluding carboxylic acids is 2. The molecule has 0 radical (unpaired) electrons. The number of hydrogen-bond donors (Lipinski definition) is 2. The fourth-order valence-electron chi connectivity index (χ4n) is 3.52. The summed E-state index contributed by atoms with van der Waals surface area (Å²) in [4.78, 5) is 27.2. The number of ketones is 1. The van der Waals surface area contributed by atoms with Gasteiger partial charge in [0.1, 0.15) is 0 Å². The van der Waals surface area contributed by atoms with Gasteiger partial charge in [0.2, 0.25) is 0 Å². The molecule has 0 fully saturated rings. The van der Waals surface area contributed by atoms with Crippen molar-refractivity contribution in [2.75, 3.05) is 26.4 Å². The summed E-state index contributed by atoms with van der Waals surface area (Å²) in [5.74, 6) is -1.30. The lowest BCUT2D eigenvalue weighted by Gasteiger charge is -2.26. The zero-order valence-electron chi connectivity index (χ0n) is 16.2. The average Bonchev–Trinajstić information content (AvgIpc) is 3.01. The molecule has 1 unspecified atom stereocenters. The van der Waals surface area contributed by atoms with Gasteiger partial charge < -0.3 is 19.8 Å². The molecule has 0 aromatic heterocycles. The third-order valence-corrected chi connectivity index (χ3v) is 4.92. The Kier molecular flexibility index (Phi) is 7.16. The van der Waals surface area contributed by atoms with Crippen LogP contribution < -0.4 is 0 Å².